The molecule has 5 nitrogen and oxygen atoms in total. The summed E-state index contributed by atoms with van der Waals surface area (Å²) in [6.45, 7) is 4.03. The quantitative estimate of drug-likeness (QED) is 0.860. The maximum atomic E-state index is 12.1. The van der Waals surface area contributed by atoms with Crippen LogP contribution in [0.5, 0.6) is 11.5 Å². The summed E-state index contributed by atoms with van der Waals surface area (Å²) in [6, 6.07) is 10.4. The van der Waals surface area contributed by atoms with Crippen LogP contribution in [0.3, 0.4) is 0 Å². The van der Waals surface area contributed by atoms with E-state index >= 15 is 0 Å². The zero-order chi connectivity index (χ0) is 15.9. The molecular weight excluding hydrogens is 280 g/mol. The summed E-state index contributed by atoms with van der Waals surface area (Å²) in [5.74, 6) is 1.09. The van der Waals surface area contributed by atoms with Crippen LogP contribution in [0, 0.1) is 5.92 Å². The molecule has 1 atom stereocenters. The molecule has 1 heterocycles. The number of carbonyl (C=O) groups is 1. The first kappa shape index (κ1) is 16.0. The van der Waals surface area contributed by atoms with Crippen LogP contribution in [-0.2, 0) is 0 Å². The third-order valence-electron chi connectivity index (χ3n) is 3.22. The van der Waals surface area contributed by atoms with Gasteiger partial charge >= 0.3 is 0 Å². The minimum atomic E-state index is -0.555. The SMILES string of the molecule is CC(C)C(O)CNC(=O)c1cccc(Oc2ccncc2)c1. The molecule has 0 fully saturated rings. The number of hydrogen-bond acceptors (Lipinski definition) is 4. The molecule has 0 aliphatic carbocycles. The van der Waals surface area contributed by atoms with Gasteiger partial charge < -0.3 is 15.2 Å². The highest BCUT2D eigenvalue weighted by Gasteiger charge is 2.12. The summed E-state index contributed by atoms with van der Waals surface area (Å²) >= 11 is 0. The Morgan fingerprint density at radius 2 is 1.95 bits per heavy atom. The largest absolute Gasteiger partial charge is 0.457 e. The number of rotatable bonds is 6. The van der Waals surface area contributed by atoms with Crippen LogP contribution in [0.4, 0.5) is 0 Å². The van der Waals surface area contributed by atoms with Gasteiger partial charge in [0.15, 0.2) is 0 Å². The van der Waals surface area contributed by atoms with Crippen LogP contribution >= 0.6 is 0 Å². The van der Waals surface area contributed by atoms with E-state index < -0.39 is 6.10 Å². The summed E-state index contributed by atoms with van der Waals surface area (Å²) in [5, 5.41) is 12.4. The normalized spacial score (nSPS) is 12.0. The highest BCUT2D eigenvalue weighted by molar-refractivity contribution is 5.94. The summed E-state index contributed by atoms with van der Waals surface area (Å²) in [4.78, 5) is 16.0. The third-order valence-corrected chi connectivity index (χ3v) is 3.22. The molecule has 0 saturated carbocycles. The van der Waals surface area contributed by atoms with Crippen molar-refractivity contribution in [2.45, 2.75) is 20.0 Å². The number of aromatic nitrogens is 1. The predicted molar refractivity (Wildman–Crippen MR) is 83.9 cm³/mol. The number of amides is 1. The van der Waals surface area contributed by atoms with Crippen LogP contribution in [0.2, 0.25) is 0 Å². The molecule has 2 rings (SSSR count). The molecule has 116 valence electrons. The van der Waals surface area contributed by atoms with Crippen molar-refractivity contribution in [1.82, 2.24) is 10.3 Å². The summed E-state index contributed by atoms with van der Waals surface area (Å²) in [5.41, 5.74) is 0.488. The third kappa shape index (κ3) is 4.56. The predicted octanol–water partition coefficient (Wildman–Crippen LogP) is 2.62. The van der Waals surface area contributed by atoms with E-state index in [9.17, 15) is 9.90 Å². The van der Waals surface area contributed by atoms with Gasteiger partial charge in [-0.1, -0.05) is 19.9 Å². The average molecular weight is 300 g/mol. The minimum absolute atomic E-state index is 0.0988. The molecule has 22 heavy (non-hydrogen) atoms. The number of carbonyl (C=O) groups excluding carboxylic acids is 1. The van der Waals surface area contributed by atoms with Crippen LogP contribution in [0.25, 0.3) is 0 Å². The van der Waals surface area contributed by atoms with Crippen LogP contribution < -0.4 is 10.1 Å². The first-order valence-electron chi connectivity index (χ1n) is 7.20. The Kier molecular flexibility index (Phi) is 5.49. The van der Waals surface area contributed by atoms with Crippen molar-refractivity contribution in [2.75, 3.05) is 6.54 Å². The highest BCUT2D eigenvalue weighted by Crippen LogP contribution is 2.21. The van der Waals surface area contributed by atoms with Gasteiger partial charge in [0.2, 0.25) is 0 Å². The van der Waals surface area contributed by atoms with Crippen molar-refractivity contribution in [1.29, 1.82) is 0 Å². The van der Waals surface area contributed by atoms with Gasteiger partial charge in [0.1, 0.15) is 11.5 Å². The number of benzene rings is 1. The molecule has 1 aromatic heterocycles. The Morgan fingerprint density at radius 1 is 1.23 bits per heavy atom. The van der Waals surface area contributed by atoms with Gasteiger partial charge in [-0.2, -0.15) is 0 Å². The molecule has 5 heteroatoms. The van der Waals surface area contributed by atoms with E-state index in [0.717, 1.165) is 0 Å². The maximum Gasteiger partial charge on any atom is 0.251 e. The van der Waals surface area contributed by atoms with E-state index in [2.05, 4.69) is 10.3 Å². The molecule has 1 unspecified atom stereocenters. The lowest BCUT2D eigenvalue weighted by Gasteiger charge is -2.15. The fraction of sp³-hybridized carbons (Fsp3) is 0.294. The standard InChI is InChI=1S/C17H20N2O3/c1-12(2)16(20)11-19-17(21)13-4-3-5-15(10-13)22-14-6-8-18-9-7-14/h3-10,12,16,20H,11H2,1-2H3,(H,19,21). The molecule has 0 spiro atoms. The second-order valence-electron chi connectivity index (χ2n) is 5.33. The number of aliphatic hydroxyl groups excluding tert-OH is 1. The van der Waals surface area contributed by atoms with Gasteiger partial charge in [0, 0.05) is 24.5 Å². The number of ether oxygens (including phenoxy) is 1. The van der Waals surface area contributed by atoms with Gasteiger partial charge in [0.25, 0.3) is 5.91 Å². The monoisotopic (exact) mass is 300 g/mol. The average Bonchev–Trinajstić information content (AvgIpc) is 2.53. The van der Waals surface area contributed by atoms with Crippen LogP contribution in [-0.4, -0.2) is 28.6 Å². The van der Waals surface area contributed by atoms with Gasteiger partial charge in [0.05, 0.1) is 6.10 Å². The molecule has 2 N–H and O–H groups in total. The second kappa shape index (κ2) is 7.56. The van der Waals surface area contributed by atoms with E-state index in [1.54, 1.807) is 48.8 Å². The van der Waals surface area contributed by atoms with Crippen molar-refractivity contribution in [2.24, 2.45) is 5.92 Å². The van der Waals surface area contributed by atoms with Crippen molar-refractivity contribution in [3.8, 4) is 11.5 Å². The van der Waals surface area contributed by atoms with Gasteiger partial charge in [-0.05, 0) is 36.2 Å². The number of nitrogens with zero attached hydrogens (tertiary/aromatic N) is 1. The fourth-order valence-electron chi connectivity index (χ4n) is 1.78. The molecule has 2 aromatic rings. The van der Waals surface area contributed by atoms with E-state index in [1.165, 1.54) is 0 Å². The number of hydrogen-bond donors (Lipinski definition) is 2. The van der Waals surface area contributed by atoms with Crippen molar-refractivity contribution in [3.05, 3.63) is 54.4 Å². The zero-order valence-corrected chi connectivity index (χ0v) is 12.7. The summed E-state index contributed by atoms with van der Waals surface area (Å²) in [6.07, 6.45) is 2.72. The molecule has 0 aliphatic heterocycles. The molecular formula is C17H20N2O3. The first-order valence-corrected chi connectivity index (χ1v) is 7.20. The molecule has 1 amide bonds. The molecule has 0 saturated heterocycles. The summed E-state index contributed by atoms with van der Waals surface area (Å²) in [7, 11) is 0. The van der Waals surface area contributed by atoms with Crippen molar-refractivity contribution >= 4 is 5.91 Å². The lowest BCUT2D eigenvalue weighted by Crippen LogP contribution is -2.34. The van der Waals surface area contributed by atoms with E-state index in [1.807, 2.05) is 13.8 Å². The van der Waals surface area contributed by atoms with Gasteiger partial charge in [-0.3, -0.25) is 9.78 Å². The number of pyridine rings is 1. The Labute approximate surface area is 130 Å². The second-order valence-corrected chi connectivity index (χ2v) is 5.33. The maximum absolute atomic E-state index is 12.1. The lowest BCUT2D eigenvalue weighted by atomic mass is 10.1. The van der Waals surface area contributed by atoms with Crippen LogP contribution in [0.1, 0.15) is 24.2 Å². The zero-order valence-electron chi connectivity index (χ0n) is 12.7. The Balaban J connectivity index is 2.00. The van der Waals surface area contributed by atoms with Gasteiger partial charge in [-0.15, -0.1) is 0 Å². The lowest BCUT2D eigenvalue weighted by molar-refractivity contribution is 0.0871. The Morgan fingerprint density at radius 3 is 2.64 bits per heavy atom. The number of nitrogens with one attached hydrogen (secondary N) is 1. The molecule has 0 aliphatic rings. The van der Waals surface area contributed by atoms with E-state index in [-0.39, 0.29) is 18.4 Å². The van der Waals surface area contributed by atoms with Crippen LogP contribution in [0.15, 0.2) is 48.8 Å². The fourth-order valence-corrected chi connectivity index (χ4v) is 1.78. The van der Waals surface area contributed by atoms with Crippen molar-refractivity contribution in [3.63, 3.8) is 0 Å². The summed E-state index contributed by atoms with van der Waals surface area (Å²) < 4.78 is 5.66. The minimum Gasteiger partial charge on any atom is -0.457 e. The number of aliphatic hydroxyl groups is 1. The van der Waals surface area contributed by atoms with Crippen molar-refractivity contribution < 1.29 is 14.6 Å². The molecule has 0 radical (unpaired) electrons. The highest BCUT2D eigenvalue weighted by atomic mass is 16.5. The smallest absolute Gasteiger partial charge is 0.251 e. The van der Waals surface area contributed by atoms with E-state index in [0.29, 0.717) is 17.1 Å². The Bertz CT molecular complexity index is 614. The topological polar surface area (TPSA) is 71.5 Å². The molecule has 1 aromatic carbocycles. The van der Waals surface area contributed by atoms with E-state index in [4.69, 9.17) is 4.74 Å². The molecule has 0 bridgehead atoms. The van der Waals surface area contributed by atoms with Gasteiger partial charge in [-0.25, -0.2) is 0 Å². The Hall–Kier alpha value is -2.40. The first-order chi connectivity index (χ1) is 10.6.